The molecule has 2 aromatic rings. The van der Waals surface area contributed by atoms with Crippen LogP contribution in [0.2, 0.25) is 0 Å². The zero-order chi connectivity index (χ0) is 15.0. The van der Waals surface area contributed by atoms with E-state index in [-0.39, 0.29) is 10.8 Å². The zero-order valence-electron chi connectivity index (χ0n) is 12.9. The molecular formula is C17H22N2O2. The van der Waals surface area contributed by atoms with Crippen molar-refractivity contribution in [2.75, 3.05) is 31.2 Å². The van der Waals surface area contributed by atoms with Gasteiger partial charge in [-0.25, -0.2) is 0 Å². The predicted molar refractivity (Wildman–Crippen MR) is 86.3 cm³/mol. The molecule has 1 aliphatic rings. The third-order valence-corrected chi connectivity index (χ3v) is 4.00. The van der Waals surface area contributed by atoms with E-state index < -0.39 is 0 Å². The van der Waals surface area contributed by atoms with Crippen molar-refractivity contribution in [3.63, 3.8) is 0 Å². The molecule has 1 N–H and O–H groups in total. The van der Waals surface area contributed by atoms with Crippen LogP contribution >= 0.6 is 0 Å². The monoisotopic (exact) mass is 286 g/mol. The topological polar surface area (TPSA) is 45.3 Å². The second-order valence-electron chi connectivity index (χ2n) is 6.63. The number of ether oxygens (including phenoxy) is 1. The van der Waals surface area contributed by atoms with Gasteiger partial charge in [-0.3, -0.25) is 4.79 Å². The Morgan fingerprint density at radius 3 is 2.52 bits per heavy atom. The summed E-state index contributed by atoms with van der Waals surface area (Å²) in [4.78, 5) is 18.1. The molecular weight excluding hydrogens is 264 g/mol. The van der Waals surface area contributed by atoms with E-state index in [4.69, 9.17) is 4.74 Å². The van der Waals surface area contributed by atoms with Crippen molar-refractivity contribution in [1.29, 1.82) is 0 Å². The summed E-state index contributed by atoms with van der Waals surface area (Å²) in [5.74, 6) is 0. The first kappa shape index (κ1) is 14.1. The van der Waals surface area contributed by atoms with Gasteiger partial charge in [-0.05, 0) is 18.2 Å². The summed E-state index contributed by atoms with van der Waals surface area (Å²) in [5, 5.41) is 0.756. The summed E-state index contributed by atoms with van der Waals surface area (Å²) in [6, 6.07) is 7.81. The third kappa shape index (κ3) is 2.81. The number of H-pyrrole nitrogens is 1. The van der Waals surface area contributed by atoms with Gasteiger partial charge >= 0.3 is 0 Å². The number of aromatic amines is 1. The van der Waals surface area contributed by atoms with E-state index in [2.05, 4.69) is 36.7 Å². The lowest BCUT2D eigenvalue weighted by Crippen LogP contribution is -2.36. The molecule has 0 amide bonds. The molecule has 1 fully saturated rings. The quantitative estimate of drug-likeness (QED) is 0.876. The number of rotatable bonds is 1. The SMILES string of the molecule is CC(C)(C)c1cc(=O)c2cc(N3CCOCC3)ccc2[nH]1. The van der Waals surface area contributed by atoms with E-state index in [1.807, 2.05) is 12.1 Å². The standard InChI is InChI=1S/C17H22N2O2/c1-17(2,3)16-11-15(20)13-10-12(4-5-14(13)18-16)19-6-8-21-9-7-19/h4-5,10-11H,6-9H2,1-3H3,(H,18,20). The van der Waals surface area contributed by atoms with Crippen LogP contribution in [0.4, 0.5) is 5.69 Å². The lowest BCUT2D eigenvalue weighted by Gasteiger charge is -2.29. The molecule has 3 rings (SSSR count). The molecule has 1 aromatic carbocycles. The van der Waals surface area contributed by atoms with Crippen molar-refractivity contribution in [2.24, 2.45) is 0 Å². The van der Waals surface area contributed by atoms with Crippen LogP contribution in [-0.2, 0) is 10.2 Å². The van der Waals surface area contributed by atoms with E-state index in [1.165, 1.54) is 0 Å². The van der Waals surface area contributed by atoms with Gasteiger partial charge in [-0.2, -0.15) is 0 Å². The number of hydrogen-bond donors (Lipinski definition) is 1. The number of morpholine rings is 1. The molecule has 4 heteroatoms. The van der Waals surface area contributed by atoms with E-state index in [0.717, 1.165) is 48.6 Å². The van der Waals surface area contributed by atoms with Crippen LogP contribution in [-0.4, -0.2) is 31.3 Å². The number of nitrogens with one attached hydrogen (secondary N) is 1. The van der Waals surface area contributed by atoms with Crippen molar-refractivity contribution < 1.29 is 4.74 Å². The van der Waals surface area contributed by atoms with Crippen LogP contribution in [0.3, 0.4) is 0 Å². The Kier molecular flexibility index (Phi) is 3.49. The summed E-state index contributed by atoms with van der Waals surface area (Å²) in [6.45, 7) is 9.56. The minimum Gasteiger partial charge on any atom is -0.378 e. The Bertz CT molecular complexity index is 707. The molecule has 0 saturated carbocycles. The fourth-order valence-corrected chi connectivity index (χ4v) is 2.66. The van der Waals surface area contributed by atoms with Gasteiger partial charge in [0.25, 0.3) is 0 Å². The highest BCUT2D eigenvalue weighted by Crippen LogP contribution is 2.24. The Balaban J connectivity index is 2.06. The van der Waals surface area contributed by atoms with Gasteiger partial charge in [-0.1, -0.05) is 20.8 Å². The Morgan fingerprint density at radius 1 is 1.14 bits per heavy atom. The molecule has 1 aliphatic heterocycles. The number of pyridine rings is 1. The normalized spacial score (nSPS) is 16.4. The highest BCUT2D eigenvalue weighted by atomic mass is 16.5. The van der Waals surface area contributed by atoms with Crippen molar-refractivity contribution in [3.05, 3.63) is 40.2 Å². The molecule has 2 heterocycles. The van der Waals surface area contributed by atoms with Crippen LogP contribution in [0.1, 0.15) is 26.5 Å². The maximum absolute atomic E-state index is 12.4. The maximum atomic E-state index is 12.4. The third-order valence-electron chi connectivity index (χ3n) is 4.00. The van der Waals surface area contributed by atoms with Crippen LogP contribution in [0.15, 0.2) is 29.1 Å². The highest BCUT2D eigenvalue weighted by molar-refractivity contribution is 5.82. The number of nitrogens with zero attached hydrogens (tertiary/aromatic N) is 1. The van der Waals surface area contributed by atoms with E-state index >= 15 is 0 Å². The molecule has 0 bridgehead atoms. The Hall–Kier alpha value is -1.81. The average Bonchev–Trinajstić information content (AvgIpc) is 2.47. The minimum atomic E-state index is -0.0593. The smallest absolute Gasteiger partial charge is 0.189 e. The largest absolute Gasteiger partial charge is 0.378 e. The van der Waals surface area contributed by atoms with E-state index in [9.17, 15) is 4.79 Å². The van der Waals surface area contributed by atoms with Gasteiger partial charge in [0.2, 0.25) is 0 Å². The number of fused-ring (bicyclic) bond motifs is 1. The fraction of sp³-hybridized carbons (Fsp3) is 0.471. The molecule has 1 aromatic heterocycles. The molecule has 0 aliphatic carbocycles. The molecule has 0 spiro atoms. The molecule has 1 saturated heterocycles. The molecule has 4 nitrogen and oxygen atoms in total. The van der Waals surface area contributed by atoms with E-state index in [0.29, 0.717) is 0 Å². The predicted octanol–water partition coefficient (Wildman–Crippen LogP) is 2.66. The lowest BCUT2D eigenvalue weighted by atomic mass is 9.91. The minimum absolute atomic E-state index is 0.0593. The van der Waals surface area contributed by atoms with Gasteiger partial charge in [0.15, 0.2) is 5.43 Å². The molecule has 0 radical (unpaired) electrons. The van der Waals surface area contributed by atoms with Crippen molar-refractivity contribution >= 4 is 16.6 Å². The summed E-state index contributed by atoms with van der Waals surface area (Å²) in [6.07, 6.45) is 0. The van der Waals surface area contributed by atoms with Crippen LogP contribution in [0.5, 0.6) is 0 Å². The van der Waals surface area contributed by atoms with Gasteiger partial charge in [0.1, 0.15) is 0 Å². The number of anilines is 1. The second kappa shape index (κ2) is 5.19. The van der Waals surface area contributed by atoms with Gasteiger partial charge < -0.3 is 14.6 Å². The van der Waals surface area contributed by atoms with Crippen molar-refractivity contribution in [3.8, 4) is 0 Å². The van der Waals surface area contributed by atoms with Gasteiger partial charge in [0.05, 0.1) is 13.2 Å². The number of aromatic nitrogens is 1. The molecule has 0 unspecified atom stereocenters. The maximum Gasteiger partial charge on any atom is 0.189 e. The summed E-state index contributed by atoms with van der Waals surface area (Å²) < 4.78 is 5.38. The zero-order valence-corrected chi connectivity index (χ0v) is 12.9. The van der Waals surface area contributed by atoms with Crippen LogP contribution in [0.25, 0.3) is 10.9 Å². The summed E-state index contributed by atoms with van der Waals surface area (Å²) >= 11 is 0. The Labute approximate surface area is 124 Å². The van der Waals surface area contributed by atoms with Gasteiger partial charge in [-0.15, -0.1) is 0 Å². The molecule has 21 heavy (non-hydrogen) atoms. The van der Waals surface area contributed by atoms with Crippen molar-refractivity contribution in [1.82, 2.24) is 4.98 Å². The number of benzene rings is 1. The summed E-state index contributed by atoms with van der Waals surface area (Å²) in [7, 11) is 0. The summed E-state index contributed by atoms with van der Waals surface area (Å²) in [5.41, 5.74) is 3.00. The molecule has 0 atom stereocenters. The van der Waals surface area contributed by atoms with Crippen molar-refractivity contribution in [2.45, 2.75) is 26.2 Å². The lowest BCUT2D eigenvalue weighted by molar-refractivity contribution is 0.122. The van der Waals surface area contributed by atoms with Crippen LogP contribution in [0, 0.1) is 0 Å². The van der Waals surface area contributed by atoms with E-state index in [1.54, 1.807) is 6.07 Å². The number of hydrogen-bond acceptors (Lipinski definition) is 3. The fourth-order valence-electron chi connectivity index (χ4n) is 2.66. The Morgan fingerprint density at radius 2 is 1.86 bits per heavy atom. The molecule has 112 valence electrons. The van der Waals surface area contributed by atoms with Gasteiger partial charge in [0, 0.05) is 46.9 Å². The first-order chi connectivity index (χ1) is 9.95. The van der Waals surface area contributed by atoms with Crippen LogP contribution < -0.4 is 10.3 Å². The first-order valence-corrected chi connectivity index (χ1v) is 7.45. The second-order valence-corrected chi connectivity index (χ2v) is 6.63. The first-order valence-electron chi connectivity index (χ1n) is 7.45. The average molecular weight is 286 g/mol. The highest BCUT2D eigenvalue weighted by Gasteiger charge is 2.17.